The summed E-state index contributed by atoms with van der Waals surface area (Å²) in [6.45, 7) is 0. The predicted octanol–water partition coefficient (Wildman–Crippen LogP) is 4.65. The van der Waals surface area contributed by atoms with E-state index in [1.165, 1.54) is 4.74 Å². The zero-order valence-corrected chi connectivity index (χ0v) is 12.3. The van der Waals surface area contributed by atoms with Gasteiger partial charge in [0.2, 0.25) is 0 Å². The van der Waals surface area contributed by atoms with Crippen LogP contribution < -0.4 is 0 Å². The largest absolute Gasteiger partial charge is 0.479 e. The third-order valence-corrected chi connectivity index (χ3v) is 2.52. The molecular formula is C9H2F16O4. The Morgan fingerprint density at radius 1 is 0.655 bits per heavy atom. The molecular weight excluding hydrogens is 476 g/mol. The van der Waals surface area contributed by atoms with Crippen molar-refractivity contribution >= 4 is 5.97 Å². The van der Waals surface area contributed by atoms with E-state index in [1.807, 2.05) is 4.74 Å². The number of alkyl halides is 16. The van der Waals surface area contributed by atoms with Crippen LogP contribution in [0, 0.1) is 0 Å². The molecule has 0 aromatic heterocycles. The highest BCUT2D eigenvalue weighted by Crippen LogP contribution is 2.55. The van der Waals surface area contributed by atoms with Crippen molar-refractivity contribution in [3.8, 4) is 0 Å². The standard InChI is InChI=1S/C9H2F16O4/c10-3(11,12)1(2(26)27)28-9(24,25)5(15,7(19,20)21)29-8(22,23)4(13,14)6(16,17)18/h1H,(H,26,27). The fraction of sp³-hybridized carbons (Fsp3) is 0.889. The highest BCUT2D eigenvalue weighted by Gasteiger charge is 2.84. The molecule has 0 saturated carbocycles. The second-order valence-electron chi connectivity index (χ2n) is 4.68. The monoisotopic (exact) mass is 478 g/mol. The number of carboxylic acid groups (broad SMARTS) is 1. The van der Waals surface area contributed by atoms with Crippen LogP contribution in [0.3, 0.4) is 0 Å². The summed E-state index contributed by atoms with van der Waals surface area (Å²) >= 11 is 0. The van der Waals surface area contributed by atoms with E-state index in [0.717, 1.165) is 0 Å². The molecule has 0 aromatic carbocycles. The molecule has 0 saturated heterocycles. The molecule has 0 radical (unpaired) electrons. The van der Waals surface area contributed by atoms with Gasteiger partial charge in [0, 0.05) is 0 Å². The average Bonchev–Trinajstić information content (AvgIpc) is 2.39. The van der Waals surface area contributed by atoms with Crippen LogP contribution in [0.2, 0.25) is 0 Å². The van der Waals surface area contributed by atoms with E-state index in [2.05, 4.69) is 0 Å². The lowest BCUT2D eigenvalue weighted by Crippen LogP contribution is -2.66. The average molecular weight is 478 g/mol. The Morgan fingerprint density at radius 3 is 1.28 bits per heavy atom. The van der Waals surface area contributed by atoms with Crippen LogP contribution in [0.1, 0.15) is 0 Å². The smallest absolute Gasteiger partial charge is 0.462 e. The molecule has 0 amide bonds. The zero-order chi connectivity index (χ0) is 24.1. The van der Waals surface area contributed by atoms with E-state index < -0.39 is 54.6 Å². The lowest BCUT2D eigenvalue weighted by molar-refractivity contribution is -0.538. The number of aliphatic carboxylic acids is 1. The quantitative estimate of drug-likeness (QED) is 0.542. The fourth-order valence-electron chi connectivity index (χ4n) is 1.17. The second-order valence-corrected chi connectivity index (χ2v) is 4.68. The number of ether oxygens (including phenoxy) is 2. The van der Waals surface area contributed by atoms with Gasteiger partial charge >= 0.3 is 48.5 Å². The first-order valence-electron chi connectivity index (χ1n) is 5.88. The van der Waals surface area contributed by atoms with Crippen molar-refractivity contribution in [3.63, 3.8) is 0 Å². The van der Waals surface area contributed by atoms with Crippen LogP contribution in [0.5, 0.6) is 0 Å². The minimum absolute atomic E-state index is 1.31. The van der Waals surface area contributed by atoms with Crippen molar-refractivity contribution in [2.75, 3.05) is 0 Å². The summed E-state index contributed by atoms with van der Waals surface area (Å²) < 4.78 is 203. The van der Waals surface area contributed by atoms with Gasteiger partial charge in [-0.15, -0.1) is 0 Å². The molecule has 174 valence electrons. The first-order valence-corrected chi connectivity index (χ1v) is 5.88. The fourth-order valence-corrected chi connectivity index (χ4v) is 1.17. The molecule has 0 bridgehead atoms. The van der Waals surface area contributed by atoms with Gasteiger partial charge in [0.1, 0.15) is 0 Å². The minimum Gasteiger partial charge on any atom is -0.479 e. The summed E-state index contributed by atoms with van der Waals surface area (Å²) in [6.07, 6.45) is -42.3. The molecule has 2 atom stereocenters. The third-order valence-electron chi connectivity index (χ3n) is 2.52. The van der Waals surface area contributed by atoms with Crippen molar-refractivity contribution in [2.24, 2.45) is 0 Å². The molecule has 0 fully saturated rings. The number of hydrogen-bond donors (Lipinski definition) is 1. The first kappa shape index (κ1) is 27.3. The van der Waals surface area contributed by atoms with Crippen LogP contribution in [-0.2, 0) is 14.3 Å². The molecule has 0 aliphatic rings. The lowest BCUT2D eigenvalue weighted by Gasteiger charge is -2.38. The van der Waals surface area contributed by atoms with Crippen molar-refractivity contribution in [2.45, 2.75) is 48.6 Å². The number of rotatable bonds is 7. The Labute approximate surface area is 145 Å². The van der Waals surface area contributed by atoms with E-state index >= 15 is 0 Å². The Morgan fingerprint density at radius 2 is 1.03 bits per heavy atom. The molecule has 0 spiro atoms. The lowest BCUT2D eigenvalue weighted by atomic mass is 10.2. The van der Waals surface area contributed by atoms with E-state index in [-0.39, 0.29) is 0 Å². The Kier molecular flexibility index (Phi) is 6.77. The molecule has 29 heavy (non-hydrogen) atoms. The molecule has 4 nitrogen and oxygen atoms in total. The predicted molar refractivity (Wildman–Crippen MR) is 50.4 cm³/mol. The van der Waals surface area contributed by atoms with Crippen molar-refractivity contribution < 1.29 is 89.6 Å². The maximum Gasteiger partial charge on any atom is 0.462 e. The highest BCUT2D eigenvalue weighted by atomic mass is 19.4. The van der Waals surface area contributed by atoms with Gasteiger partial charge in [0.05, 0.1) is 0 Å². The summed E-state index contributed by atoms with van der Waals surface area (Å²) in [7, 11) is 0. The summed E-state index contributed by atoms with van der Waals surface area (Å²) in [5.41, 5.74) is 0. The molecule has 0 rings (SSSR count). The van der Waals surface area contributed by atoms with Crippen LogP contribution in [-0.4, -0.2) is 59.7 Å². The highest BCUT2D eigenvalue weighted by molar-refractivity contribution is 5.73. The maximum atomic E-state index is 13.5. The molecule has 0 heterocycles. The van der Waals surface area contributed by atoms with Crippen molar-refractivity contribution in [1.82, 2.24) is 0 Å². The Hall–Kier alpha value is -1.73. The van der Waals surface area contributed by atoms with Crippen LogP contribution >= 0.6 is 0 Å². The summed E-state index contributed by atoms with van der Waals surface area (Å²) in [5.74, 6) is -19.2. The third kappa shape index (κ3) is 5.07. The second kappa shape index (κ2) is 7.20. The summed E-state index contributed by atoms with van der Waals surface area (Å²) in [4.78, 5) is 10.1. The van der Waals surface area contributed by atoms with Crippen LogP contribution in [0.4, 0.5) is 70.2 Å². The van der Waals surface area contributed by atoms with Crippen LogP contribution in [0.15, 0.2) is 0 Å². The Balaban J connectivity index is 6.43. The zero-order valence-electron chi connectivity index (χ0n) is 12.3. The topological polar surface area (TPSA) is 55.8 Å². The van der Waals surface area contributed by atoms with E-state index in [1.54, 1.807) is 0 Å². The molecule has 1 N–H and O–H groups in total. The van der Waals surface area contributed by atoms with E-state index in [0.29, 0.717) is 0 Å². The molecule has 2 unspecified atom stereocenters. The number of hydrogen-bond acceptors (Lipinski definition) is 3. The van der Waals surface area contributed by atoms with Gasteiger partial charge in [-0.05, 0) is 0 Å². The number of carbonyl (C=O) groups is 1. The summed E-state index contributed by atoms with van der Waals surface area (Å²) in [5, 5.41) is 7.97. The van der Waals surface area contributed by atoms with Gasteiger partial charge < -0.3 is 5.11 Å². The SMILES string of the molecule is O=C(O)C(OC(F)(F)C(F)(OC(F)(F)C(F)(F)C(F)(F)F)C(F)(F)F)C(F)(F)F. The molecule has 0 aliphatic carbocycles. The van der Waals surface area contributed by atoms with Gasteiger partial charge in [-0.2, -0.15) is 70.2 Å². The van der Waals surface area contributed by atoms with Crippen molar-refractivity contribution in [3.05, 3.63) is 0 Å². The Bertz CT molecular complexity index is 603. The molecule has 0 aromatic rings. The van der Waals surface area contributed by atoms with Gasteiger partial charge in [-0.3, -0.25) is 9.47 Å². The summed E-state index contributed by atoms with van der Waals surface area (Å²) in [6, 6.07) is 0. The maximum absolute atomic E-state index is 13.5. The first-order chi connectivity index (χ1) is 12.2. The van der Waals surface area contributed by atoms with Gasteiger partial charge in [-0.25, -0.2) is 4.79 Å². The van der Waals surface area contributed by atoms with Gasteiger partial charge in [0.15, 0.2) is 0 Å². The molecule has 0 aliphatic heterocycles. The normalized spacial score (nSPS) is 18.3. The van der Waals surface area contributed by atoms with Gasteiger partial charge in [0.25, 0.3) is 6.10 Å². The van der Waals surface area contributed by atoms with E-state index in [9.17, 15) is 75.0 Å². The van der Waals surface area contributed by atoms with Crippen molar-refractivity contribution in [1.29, 1.82) is 0 Å². The molecule has 20 heteroatoms. The minimum atomic E-state index is -7.82. The van der Waals surface area contributed by atoms with Crippen LogP contribution in [0.25, 0.3) is 0 Å². The number of carboxylic acids is 1. The number of halogens is 16. The van der Waals surface area contributed by atoms with E-state index in [4.69, 9.17) is 5.11 Å². The van der Waals surface area contributed by atoms with Gasteiger partial charge in [-0.1, -0.05) is 0 Å².